The Morgan fingerprint density at radius 3 is 2.63 bits per heavy atom. The molecule has 0 saturated carbocycles. The Morgan fingerprint density at radius 2 is 2.00 bits per heavy atom. The van der Waals surface area contributed by atoms with Gasteiger partial charge in [-0.25, -0.2) is 4.79 Å². The second kappa shape index (κ2) is 5.45. The number of aromatic carboxylic acids is 1. The van der Waals surface area contributed by atoms with Gasteiger partial charge in [-0.2, -0.15) is 10.2 Å². The zero-order valence-electron chi connectivity index (χ0n) is 9.50. The molecule has 96 valence electrons. The number of carboxylic acids is 1. The number of halogens is 1. The minimum Gasteiger partial charge on any atom is -0.478 e. The summed E-state index contributed by atoms with van der Waals surface area (Å²) in [5.41, 5.74) is 0.581. The van der Waals surface area contributed by atoms with Gasteiger partial charge < -0.3 is 10.4 Å². The zero-order chi connectivity index (χ0) is 13.8. The van der Waals surface area contributed by atoms with E-state index in [1.807, 2.05) is 0 Å². The van der Waals surface area contributed by atoms with Crippen LogP contribution in [0, 0.1) is 0 Å². The molecule has 0 fully saturated rings. The summed E-state index contributed by atoms with van der Waals surface area (Å²) in [6.07, 6.45) is 2.70. The molecule has 0 radical (unpaired) electrons. The van der Waals surface area contributed by atoms with E-state index in [1.165, 1.54) is 36.7 Å². The number of carbonyl (C=O) groups excluding carboxylic acids is 1. The minimum absolute atomic E-state index is 0.0766. The topological polar surface area (TPSA) is 92.2 Å². The van der Waals surface area contributed by atoms with Crippen LogP contribution < -0.4 is 5.32 Å². The molecule has 0 saturated heterocycles. The van der Waals surface area contributed by atoms with Crippen LogP contribution in [0.2, 0.25) is 5.02 Å². The molecule has 1 amide bonds. The van der Waals surface area contributed by atoms with E-state index < -0.39 is 11.9 Å². The van der Waals surface area contributed by atoms with Crippen molar-refractivity contribution < 1.29 is 14.7 Å². The molecule has 7 heteroatoms. The number of hydrogen-bond donors (Lipinski definition) is 2. The van der Waals surface area contributed by atoms with E-state index in [9.17, 15) is 9.59 Å². The Bertz CT molecular complexity index is 631. The number of hydrogen-bond acceptors (Lipinski definition) is 4. The van der Waals surface area contributed by atoms with Gasteiger partial charge in [-0.15, -0.1) is 0 Å². The fourth-order valence-corrected chi connectivity index (χ4v) is 1.59. The summed E-state index contributed by atoms with van der Waals surface area (Å²) >= 11 is 5.73. The van der Waals surface area contributed by atoms with Crippen molar-refractivity contribution in [1.82, 2.24) is 10.2 Å². The molecule has 0 bridgehead atoms. The van der Waals surface area contributed by atoms with Gasteiger partial charge >= 0.3 is 5.97 Å². The fourth-order valence-electron chi connectivity index (χ4n) is 1.40. The van der Waals surface area contributed by atoms with Crippen molar-refractivity contribution in [3.63, 3.8) is 0 Å². The highest BCUT2D eigenvalue weighted by atomic mass is 35.5. The highest BCUT2D eigenvalue weighted by molar-refractivity contribution is 6.33. The third kappa shape index (κ3) is 3.05. The van der Waals surface area contributed by atoms with Crippen LogP contribution in [0.5, 0.6) is 0 Å². The molecule has 0 aliphatic heterocycles. The molecule has 0 spiro atoms. The van der Waals surface area contributed by atoms with Gasteiger partial charge in [0.15, 0.2) is 0 Å². The van der Waals surface area contributed by atoms with Gasteiger partial charge in [-0.05, 0) is 24.3 Å². The van der Waals surface area contributed by atoms with Crippen molar-refractivity contribution >= 4 is 29.2 Å². The maximum atomic E-state index is 11.8. The lowest BCUT2D eigenvalue weighted by Crippen LogP contribution is -2.13. The molecule has 2 N–H and O–H groups in total. The molecule has 1 aromatic heterocycles. The lowest BCUT2D eigenvalue weighted by Gasteiger charge is -2.06. The van der Waals surface area contributed by atoms with E-state index in [0.717, 1.165) is 0 Å². The normalized spacial score (nSPS) is 9.95. The predicted octanol–water partition coefficient (Wildman–Crippen LogP) is 2.08. The van der Waals surface area contributed by atoms with Gasteiger partial charge in [0.05, 0.1) is 28.5 Å². The fraction of sp³-hybridized carbons (Fsp3) is 0. The molecule has 1 aromatic carbocycles. The first-order valence-corrected chi connectivity index (χ1v) is 5.56. The summed E-state index contributed by atoms with van der Waals surface area (Å²) in [7, 11) is 0. The van der Waals surface area contributed by atoms with Crippen LogP contribution in [0.4, 0.5) is 5.69 Å². The lowest BCUT2D eigenvalue weighted by atomic mass is 10.2. The number of aromatic nitrogens is 2. The predicted molar refractivity (Wildman–Crippen MR) is 68.4 cm³/mol. The number of anilines is 1. The Morgan fingerprint density at radius 1 is 1.21 bits per heavy atom. The molecule has 0 unspecified atom stereocenters. The van der Waals surface area contributed by atoms with Gasteiger partial charge in [0.25, 0.3) is 5.91 Å². The van der Waals surface area contributed by atoms with Crippen molar-refractivity contribution in [1.29, 1.82) is 0 Å². The lowest BCUT2D eigenvalue weighted by molar-refractivity contribution is 0.0696. The molecule has 6 nitrogen and oxygen atoms in total. The standard InChI is InChI=1S/C12H8ClN3O3/c13-10-2-1-8(5-9(10)12(18)19)16-11(17)7-3-4-14-15-6-7/h1-6H,(H,16,17)(H,18,19). The van der Waals surface area contributed by atoms with E-state index in [2.05, 4.69) is 15.5 Å². The summed E-state index contributed by atoms with van der Waals surface area (Å²) in [6, 6.07) is 5.71. The average Bonchev–Trinajstić information content (AvgIpc) is 2.41. The summed E-state index contributed by atoms with van der Waals surface area (Å²) in [5.74, 6) is -1.57. The van der Waals surface area contributed by atoms with Crippen LogP contribution in [0.1, 0.15) is 20.7 Å². The summed E-state index contributed by atoms with van der Waals surface area (Å²) in [6.45, 7) is 0. The number of nitrogens with zero attached hydrogens (tertiary/aromatic N) is 2. The Kier molecular flexibility index (Phi) is 3.72. The molecular weight excluding hydrogens is 270 g/mol. The second-order valence-electron chi connectivity index (χ2n) is 3.59. The van der Waals surface area contributed by atoms with Crippen LogP contribution in [0.3, 0.4) is 0 Å². The number of carbonyl (C=O) groups is 2. The highest BCUT2D eigenvalue weighted by Crippen LogP contribution is 2.20. The molecule has 2 rings (SSSR count). The van der Waals surface area contributed by atoms with Crippen molar-refractivity contribution in [2.45, 2.75) is 0 Å². The monoisotopic (exact) mass is 277 g/mol. The smallest absolute Gasteiger partial charge is 0.337 e. The largest absolute Gasteiger partial charge is 0.478 e. The summed E-state index contributed by atoms with van der Waals surface area (Å²) in [4.78, 5) is 22.7. The van der Waals surface area contributed by atoms with Gasteiger partial charge in [0, 0.05) is 5.69 Å². The van der Waals surface area contributed by atoms with Gasteiger partial charge in [-0.3, -0.25) is 4.79 Å². The first-order chi connectivity index (χ1) is 9.08. The molecule has 0 aliphatic carbocycles. The van der Waals surface area contributed by atoms with Gasteiger partial charge in [-0.1, -0.05) is 11.6 Å². The van der Waals surface area contributed by atoms with Crippen LogP contribution in [-0.4, -0.2) is 27.2 Å². The van der Waals surface area contributed by atoms with E-state index in [4.69, 9.17) is 16.7 Å². The third-order valence-corrected chi connectivity index (χ3v) is 2.63. The number of carboxylic acid groups (broad SMARTS) is 1. The molecule has 1 heterocycles. The Labute approximate surface area is 113 Å². The van der Waals surface area contributed by atoms with E-state index in [0.29, 0.717) is 11.3 Å². The first-order valence-electron chi connectivity index (χ1n) is 5.19. The number of nitrogens with one attached hydrogen (secondary N) is 1. The van der Waals surface area contributed by atoms with Crippen molar-refractivity contribution in [2.75, 3.05) is 5.32 Å². The third-order valence-electron chi connectivity index (χ3n) is 2.30. The maximum Gasteiger partial charge on any atom is 0.337 e. The van der Waals surface area contributed by atoms with E-state index in [1.54, 1.807) is 0 Å². The first kappa shape index (κ1) is 13.0. The van der Waals surface area contributed by atoms with Crippen molar-refractivity contribution in [2.24, 2.45) is 0 Å². The minimum atomic E-state index is -1.16. The van der Waals surface area contributed by atoms with Crippen LogP contribution in [0.25, 0.3) is 0 Å². The SMILES string of the molecule is O=C(Nc1ccc(Cl)c(C(=O)O)c1)c1ccnnc1. The number of rotatable bonds is 3. The van der Waals surface area contributed by atoms with Crippen molar-refractivity contribution in [3.8, 4) is 0 Å². The maximum absolute atomic E-state index is 11.8. The summed E-state index contributed by atoms with van der Waals surface area (Å²) < 4.78 is 0. The highest BCUT2D eigenvalue weighted by Gasteiger charge is 2.11. The summed E-state index contributed by atoms with van der Waals surface area (Å²) in [5, 5.41) is 18.7. The Balaban J connectivity index is 2.23. The molecule has 19 heavy (non-hydrogen) atoms. The molecule has 0 aliphatic rings. The van der Waals surface area contributed by atoms with Crippen LogP contribution in [-0.2, 0) is 0 Å². The zero-order valence-corrected chi connectivity index (χ0v) is 10.3. The van der Waals surface area contributed by atoms with Crippen LogP contribution in [0.15, 0.2) is 36.7 Å². The quantitative estimate of drug-likeness (QED) is 0.896. The molecule has 0 atom stereocenters. The Hall–Kier alpha value is -2.47. The molecule has 2 aromatic rings. The van der Waals surface area contributed by atoms with Gasteiger partial charge in [0.2, 0.25) is 0 Å². The van der Waals surface area contributed by atoms with E-state index >= 15 is 0 Å². The van der Waals surface area contributed by atoms with E-state index in [-0.39, 0.29) is 10.6 Å². The van der Waals surface area contributed by atoms with Crippen LogP contribution >= 0.6 is 11.6 Å². The average molecular weight is 278 g/mol. The number of benzene rings is 1. The van der Waals surface area contributed by atoms with Gasteiger partial charge in [0.1, 0.15) is 0 Å². The molecular formula is C12H8ClN3O3. The second-order valence-corrected chi connectivity index (χ2v) is 3.99. The number of amides is 1. The van der Waals surface area contributed by atoms with Crippen molar-refractivity contribution in [3.05, 3.63) is 52.8 Å².